The van der Waals surface area contributed by atoms with Crippen molar-refractivity contribution in [3.8, 4) is 5.75 Å². The van der Waals surface area contributed by atoms with Crippen molar-refractivity contribution in [1.82, 2.24) is 9.78 Å². The monoisotopic (exact) mass is 273 g/mol. The Morgan fingerprint density at radius 3 is 2.50 bits per heavy atom. The lowest BCUT2D eigenvalue weighted by atomic mass is 10.1. The molecule has 0 atom stereocenters. The Kier molecular flexibility index (Phi) is 3.53. The Bertz CT molecular complexity index is 639. The van der Waals surface area contributed by atoms with Crippen LogP contribution in [0.25, 0.3) is 0 Å². The van der Waals surface area contributed by atoms with Crippen molar-refractivity contribution in [3.05, 3.63) is 41.6 Å². The summed E-state index contributed by atoms with van der Waals surface area (Å²) < 4.78 is 7.01. The van der Waals surface area contributed by atoms with Gasteiger partial charge in [-0.25, -0.2) is 0 Å². The zero-order valence-corrected chi connectivity index (χ0v) is 12.2. The molecule has 0 bridgehead atoms. The molecular formula is C15H19N3O2. The Morgan fingerprint density at radius 1 is 1.30 bits per heavy atom. The van der Waals surface area contributed by atoms with Crippen LogP contribution in [0.15, 0.2) is 30.3 Å². The maximum Gasteiger partial charge on any atom is 0.283 e. The van der Waals surface area contributed by atoms with Gasteiger partial charge in [0.25, 0.3) is 5.91 Å². The largest absolute Gasteiger partial charge is 0.487 e. The molecule has 1 aromatic carbocycles. The molecule has 0 radical (unpaired) electrons. The molecule has 2 rings (SSSR count). The van der Waals surface area contributed by atoms with Crippen LogP contribution in [0.5, 0.6) is 5.75 Å². The summed E-state index contributed by atoms with van der Waals surface area (Å²) >= 11 is 0. The number of nitrogens with two attached hydrogens (primary N) is 1. The Labute approximate surface area is 118 Å². The highest BCUT2D eigenvalue weighted by atomic mass is 16.5. The minimum Gasteiger partial charge on any atom is -0.487 e. The lowest BCUT2D eigenvalue weighted by molar-refractivity contribution is 0.0927. The van der Waals surface area contributed by atoms with Gasteiger partial charge >= 0.3 is 0 Å². The molecule has 20 heavy (non-hydrogen) atoms. The molecule has 2 aromatic rings. The molecule has 2 N–H and O–H groups in total. The highest BCUT2D eigenvalue weighted by Crippen LogP contribution is 2.24. The van der Waals surface area contributed by atoms with E-state index in [4.69, 9.17) is 10.5 Å². The summed E-state index contributed by atoms with van der Waals surface area (Å²) in [6, 6.07) is 8.75. The second-order valence-corrected chi connectivity index (χ2v) is 5.64. The van der Waals surface area contributed by atoms with Crippen LogP contribution in [-0.2, 0) is 0 Å². The lowest BCUT2D eigenvalue weighted by Crippen LogP contribution is -2.25. The van der Waals surface area contributed by atoms with Gasteiger partial charge in [-0.2, -0.15) is 9.78 Å². The van der Waals surface area contributed by atoms with Gasteiger partial charge in [-0.1, -0.05) is 12.1 Å². The summed E-state index contributed by atoms with van der Waals surface area (Å²) in [6.45, 7) is 7.58. The molecular weight excluding hydrogens is 254 g/mol. The number of hydrogen-bond donors (Lipinski definition) is 1. The SMILES string of the molecule is Cc1cc(N)n(C(=O)c2ccccc2OC(C)(C)C)n1. The molecule has 0 amide bonds. The van der Waals surface area contributed by atoms with Crippen molar-refractivity contribution in [2.45, 2.75) is 33.3 Å². The fourth-order valence-electron chi connectivity index (χ4n) is 1.86. The molecule has 0 saturated carbocycles. The van der Waals surface area contributed by atoms with Crippen LogP contribution in [0.1, 0.15) is 36.8 Å². The van der Waals surface area contributed by atoms with Crippen molar-refractivity contribution >= 4 is 11.7 Å². The minimum absolute atomic E-state index is 0.296. The van der Waals surface area contributed by atoms with Crippen LogP contribution < -0.4 is 10.5 Å². The fourth-order valence-corrected chi connectivity index (χ4v) is 1.86. The van der Waals surface area contributed by atoms with Crippen LogP contribution in [0, 0.1) is 6.92 Å². The maximum atomic E-state index is 12.5. The standard InChI is InChI=1S/C15H19N3O2/c1-10-9-13(16)18(17-10)14(19)11-7-5-6-8-12(11)20-15(2,3)4/h5-9H,16H2,1-4H3. The van der Waals surface area contributed by atoms with E-state index in [1.165, 1.54) is 4.68 Å². The first-order valence-corrected chi connectivity index (χ1v) is 6.43. The molecule has 106 valence electrons. The molecule has 0 aliphatic rings. The van der Waals surface area contributed by atoms with Crippen LogP contribution in [0.2, 0.25) is 0 Å². The molecule has 0 aliphatic carbocycles. The summed E-state index contributed by atoms with van der Waals surface area (Å²) in [4.78, 5) is 12.5. The van der Waals surface area contributed by atoms with Crippen LogP contribution in [0.4, 0.5) is 5.82 Å². The molecule has 5 nitrogen and oxygen atoms in total. The highest BCUT2D eigenvalue weighted by Gasteiger charge is 2.20. The van der Waals surface area contributed by atoms with Gasteiger partial charge in [0.15, 0.2) is 0 Å². The average molecular weight is 273 g/mol. The number of para-hydroxylation sites is 1. The van der Waals surface area contributed by atoms with Gasteiger partial charge in [-0.15, -0.1) is 0 Å². The summed E-state index contributed by atoms with van der Waals surface area (Å²) in [6.07, 6.45) is 0. The normalized spacial score (nSPS) is 11.4. The van der Waals surface area contributed by atoms with Gasteiger partial charge in [0.05, 0.1) is 11.3 Å². The van der Waals surface area contributed by atoms with Crippen molar-refractivity contribution in [2.24, 2.45) is 0 Å². The Balaban J connectivity index is 2.42. The first kappa shape index (κ1) is 14.1. The number of benzene rings is 1. The quantitative estimate of drug-likeness (QED) is 0.913. The molecule has 0 aliphatic heterocycles. The van der Waals surface area contributed by atoms with Crippen molar-refractivity contribution in [1.29, 1.82) is 0 Å². The van der Waals surface area contributed by atoms with E-state index in [-0.39, 0.29) is 11.5 Å². The predicted molar refractivity (Wildman–Crippen MR) is 77.9 cm³/mol. The van der Waals surface area contributed by atoms with E-state index in [9.17, 15) is 4.79 Å². The van der Waals surface area contributed by atoms with Gasteiger partial charge in [0.1, 0.15) is 17.2 Å². The van der Waals surface area contributed by atoms with E-state index in [0.717, 1.165) is 0 Å². The van der Waals surface area contributed by atoms with Gasteiger partial charge in [0, 0.05) is 6.07 Å². The number of hydrogen-bond acceptors (Lipinski definition) is 4. The third kappa shape index (κ3) is 2.99. The number of nitrogens with zero attached hydrogens (tertiary/aromatic N) is 2. The Hall–Kier alpha value is -2.30. The van der Waals surface area contributed by atoms with E-state index in [1.54, 1.807) is 31.2 Å². The fraction of sp³-hybridized carbons (Fsp3) is 0.333. The zero-order valence-electron chi connectivity index (χ0n) is 12.2. The maximum absolute atomic E-state index is 12.5. The van der Waals surface area contributed by atoms with Crippen LogP contribution in [-0.4, -0.2) is 21.3 Å². The molecule has 1 heterocycles. The van der Waals surface area contributed by atoms with E-state index in [0.29, 0.717) is 22.8 Å². The smallest absolute Gasteiger partial charge is 0.283 e. The van der Waals surface area contributed by atoms with Gasteiger partial charge in [-0.05, 0) is 39.8 Å². The van der Waals surface area contributed by atoms with Crippen LogP contribution in [0.3, 0.4) is 0 Å². The Morgan fingerprint density at radius 2 is 1.95 bits per heavy atom. The number of ether oxygens (including phenoxy) is 1. The number of nitrogen functional groups attached to an aromatic ring is 1. The van der Waals surface area contributed by atoms with E-state index < -0.39 is 0 Å². The lowest BCUT2D eigenvalue weighted by Gasteiger charge is -2.22. The molecule has 0 saturated heterocycles. The number of anilines is 1. The first-order valence-electron chi connectivity index (χ1n) is 6.43. The van der Waals surface area contributed by atoms with Crippen molar-refractivity contribution in [2.75, 3.05) is 5.73 Å². The average Bonchev–Trinajstić information content (AvgIpc) is 2.66. The minimum atomic E-state index is -0.387. The van der Waals surface area contributed by atoms with Crippen molar-refractivity contribution < 1.29 is 9.53 Å². The number of aromatic nitrogens is 2. The van der Waals surface area contributed by atoms with Gasteiger partial charge in [-0.3, -0.25) is 4.79 Å². The highest BCUT2D eigenvalue weighted by molar-refractivity contribution is 5.99. The summed E-state index contributed by atoms with van der Waals surface area (Å²) in [7, 11) is 0. The summed E-state index contributed by atoms with van der Waals surface area (Å²) in [5.41, 5.74) is 6.55. The van der Waals surface area contributed by atoms with E-state index >= 15 is 0 Å². The predicted octanol–water partition coefficient (Wildman–Crippen LogP) is 2.64. The van der Waals surface area contributed by atoms with Crippen molar-refractivity contribution in [3.63, 3.8) is 0 Å². The molecule has 0 spiro atoms. The number of aryl methyl sites for hydroxylation is 1. The second-order valence-electron chi connectivity index (χ2n) is 5.64. The van der Waals surface area contributed by atoms with Crippen LogP contribution >= 0.6 is 0 Å². The molecule has 0 fully saturated rings. The second kappa shape index (κ2) is 5.00. The zero-order chi connectivity index (χ0) is 14.9. The van der Waals surface area contributed by atoms with E-state index in [2.05, 4.69) is 5.10 Å². The van der Waals surface area contributed by atoms with Gasteiger partial charge in [0.2, 0.25) is 0 Å². The first-order chi connectivity index (χ1) is 9.28. The number of carbonyl (C=O) groups is 1. The topological polar surface area (TPSA) is 70.1 Å². The molecule has 0 unspecified atom stereocenters. The third-order valence-corrected chi connectivity index (χ3v) is 2.59. The van der Waals surface area contributed by atoms with Gasteiger partial charge < -0.3 is 10.5 Å². The number of carbonyl (C=O) groups excluding carboxylic acids is 1. The number of rotatable bonds is 2. The molecule has 1 aromatic heterocycles. The third-order valence-electron chi connectivity index (χ3n) is 2.59. The summed E-state index contributed by atoms with van der Waals surface area (Å²) in [5, 5.41) is 4.11. The summed E-state index contributed by atoms with van der Waals surface area (Å²) in [5.74, 6) is 0.547. The molecule has 5 heteroatoms. The van der Waals surface area contributed by atoms with E-state index in [1.807, 2.05) is 26.8 Å².